The number of thiazole rings is 1. The number of nitrogens with one attached hydrogen (secondary N) is 1. The number of benzene rings is 2. The molecule has 1 aliphatic rings. The molecule has 0 fully saturated rings. The maximum Gasteiger partial charge on any atom is 0.354 e. The molecule has 0 amide bonds. The van der Waals surface area contributed by atoms with Gasteiger partial charge in [0.1, 0.15) is 5.69 Å². The summed E-state index contributed by atoms with van der Waals surface area (Å²) in [6.07, 6.45) is 0.249. The van der Waals surface area contributed by atoms with Crippen LogP contribution < -0.4 is 5.43 Å². The van der Waals surface area contributed by atoms with Gasteiger partial charge in [-0.3, -0.25) is 5.43 Å². The lowest BCUT2D eigenvalue weighted by atomic mass is 10.0. The van der Waals surface area contributed by atoms with E-state index in [1.54, 1.807) is 24.3 Å². The molecule has 0 unspecified atom stereocenters. The first-order chi connectivity index (χ1) is 15.4. The summed E-state index contributed by atoms with van der Waals surface area (Å²) in [6.45, 7) is 0. The first-order valence-electron chi connectivity index (χ1n) is 9.67. The maximum atomic E-state index is 12.6. The molecule has 3 heterocycles. The molecule has 160 valence electrons. The third kappa shape index (κ3) is 3.74. The Morgan fingerprint density at radius 3 is 2.72 bits per heavy atom. The Morgan fingerprint density at radius 2 is 1.91 bits per heavy atom. The average Bonchev–Trinajstić information content (AvgIpc) is 3.21. The highest BCUT2D eigenvalue weighted by Gasteiger charge is 2.28. The molecule has 0 atom stereocenters. The predicted octanol–water partition coefficient (Wildman–Crippen LogP) is 4.05. The number of carbonyl (C=O) groups is 1. The van der Waals surface area contributed by atoms with E-state index in [4.69, 9.17) is 0 Å². The third-order valence-electron chi connectivity index (χ3n) is 5.08. The lowest BCUT2D eigenvalue weighted by Gasteiger charge is -2.19. The molecule has 8 nitrogen and oxygen atoms in total. The Kier molecular flexibility index (Phi) is 4.95. The van der Waals surface area contributed by atoms with Crippen LogP contribution in [0.2, 0.25) is 0 Å². The van der Waals surface area contributed by atoms with Gasteiger partial charge in [-0.05, 0) is 36.4 Å². The zero-order valence-electron chi connectivity index (χ0n) is 16.5. The Labute approximate surface area is 187 Å². The molecule has 0 radical (unpaired) electrons. The highest BCUT2D eigenvalue weighted by Crippen LogP contribution is 2.31. The van der Waals surface area contributed by atoms with Crippen LogP contribution in [-0.4, -0.2) is 40.9 Å². The molecule has 0 saturated heterocycles. The summed E-state index contributed by atoms with van der Waals surface area (Å²) in [5.74, 6) is -1.17. The number of para-hydroxylation sites is 1. The highest BCUT2D eigenvalue weighted by atomic mass is 32.2. The molecular formula is C22H16N4O4S2. The number of sulfone groups is 1. The fourth-order valence-electron chi connectivity index (χ4n) is 3.53. The van der Waals surface area contributed by atoms with Crippen molar-refractivity contribution in [1.29, 1.82) is 0 Å². The monoisotopic (exact) mass is 464 g/mol. The number of aromatic carboxylic acids is 1. The molecule has 1 aliphatic heterocycles. The normalized spacial score (nSPS) is 16.1. The van der Waals surface area contributed by atoms with Crippen molar-refractivity contribution < 1.29 is 18.3 Å². The summed E-state index contributed by atoms with van der Waals surface area (Å²) in [7, 11) is -3.44. The van der Waals surface area contributed by atoms with E-state index in [-0.39, 0.29) is 22.8 Å². The molecular weight excluding hydrogens is 448 g/mol. The van der Waals surface area contributed by atoms with Crippen LogP contribution in [0.15, 0.2) is 70.7 Å². The number of carboxylic acid groups (broad SMARTS) is 1. The van der Waals surface area contributed by atoms with Gasteiger partial charge < -0.3 is 5.11 Å². The summed E-state index contributed by atoms with van der Waals surface area (Å²) in [6, 6.07) is 17.3. The van der Waals surface area contributed by atoms with Crippen LogP contribution >= 0.6 is 11.3 Å². The van der Waals surface area contributed by atoms with Gasteiger partial charge >= 0.3 is 5.97 Å². The summed E-state index contributed by atoms with van der Waals surface area (Å²) < 4.78 is 26.3. The summed E-state index contributed by atoms with van der Waals surface area (Å²) in [5.41, 5.74) is 5.85. The lowest BCUT2D eigenvalue weighted by molar-refractivity contribution is 0.0690. The van der Waals surface area contributed by atoms with Gasteiger partial charge in [-0.15, -0.1) is 0 Å². The summed E-state index contributed by atoms with van der Waals surface area (Å²) >= 11 is 1.46. The minimum absolute atomic E-state index is 0.0353. The van der Waals surface area contributed by atoms with E-state index >= 15 is 0 Å². The number of nitrogens with zero attached hydrogens (tertiary/aromatic N) is 3. The van der Waals surface area contributed by atoms with E-state index in [2.05, 4.69) is 20.5 Å². The number of rotatable bonds is 4. The number of hydrogen-bond acceptors (Lipinski definition) is 8. The van der Waals surface area contributed by atoms with Gasteiger partial charge in [0.15, 0.2) is 9.84 Å². The van der Waals surface area contributed by atoms with Gasteiger partial charge in [-0.2, -0.15) is 5.10 Å². The molecule has 2 aromatic heterocycles. The highest BCUT2D eigenvalue weighted by molar-refractivity contribution is 7.91. The van der Waals surface area contributed by atoms with E-state index in [1.165, 1.54) is 23.5 Å². The number of aromatic nitrogens is 2. The van der Waals surface area contributed by atoms with Crippen LogP contribution in [0.5, 0.6) is 0 Å². The van der Waals surface area contributed by atoms with Gasteiger partial charge in [0.25, 0.3) is 0 Å². The first-order valence-corrected chi connectivity index (χ1v) is 12.1. The zero-order valence-corrected chi connectivity index (χ0v) is 18.2. The van der Waals surface area contributed by atoms with Crippen LogP contribution in [0.1, 0.15) is 22.5 Å². The van der Waals surface area contributed by atoms with Crippen molar-refractivity contribution in [2.45, 2.75) is 11.3 Å². The van der Waals surface area contributed by atoms with Crippen molar-refractivity contribution in [1.82, 2.24) is 9.97 Å². The fraction of sp³-hybridized carbons (Fsp3) is 0.0909. The molecule has 0 bridgehead atoms. The van der Waals surface area contributed by atoms with Gasteiger partial charge in [0.2, 0.25) is 5.13 Å². The van der Waals surface area contributed by atoms with Crippen LogP contribution in [0, 0.1) is 0 Å². The van der Waals surface area contributed by atoms with Crippen molar-refractivity contribution >= 4 is 48.2 Å². The summed E-state index contributed by atoms with van der Waals surface area (Å²) in [4.78, 5) is 20.1. The van der Waals surface area contributed by atoms with E-state index in [0.717, 1.165) is 10.2 Å². The van der Waals surface area contributed by atoms with E-state index in [0.29, 0.717) is 27.7 Å². The standard InChI is InChI=1S/C22H16N4O4S2/c27-21(28)18-6-3-5-15(23-18)13-8-9-20-14(12-13)16(10-11-32(20,29)30)25-26-22-24-17-4-1-2-7-19(17)31-22/h1-9,12H,10-11H2,(H,24,26)(H,27,28)/b25-16-. The van der Waals surface area contributed by atoms with Crippen molar-refractivity contribution in [2.75, 3.05) is 11.2 Å². The minimum Gasteiger partial charge on any atom is -0.477 e. The third-order valence-corrected chi connectivity index (χ3v) is 7.79. The molecule has 32 heavy (non-hydrogen) atoms. The lowest BCUT2D eigenvalue weighted by Crippen LogP contribution is -2.23. The van der Waals surface area contributed by atoms with E-state index in [9.17, 15) is 18.3 Å². The molecule has 0 saturated carbocycles. The second-order valence-electron chi connectivity index (χ2n) is 7.15. The first kappa shape index (κ1) is 20.3. The van der Waals surface area contributed by atoms with Gasteiger partial charge in [-0.1, -0.05) is 35.6 Å². The van der Waals surface area contributed by atoms with Crippen molar-refractivity contribution in [3.63, 3.8) is 0 Å². The second-order valence-corrected chi connectivity index (χ2v) is 10.3. The summed E-state index contributed by atoms with van der Waals surface area (Å²) in [5, 5.41) is 14.3. The average molecular weight is 465 g/mol. The Bertz CT molecular complexity index is 1480. The molecule has 10 heteroatoms. The van der Waals surface area contributed by atoms with Crippen LogP contribution in [0.3, 0.4) is 0 Å². The zero-order chi connectivity index (χ0) is 22.3. The van der Waals surface area contributed by atoms with Gasteiger partial charge in [-0.25, -0.2) is 23.2 Å². The second kappa shape index (κ2) is 7.81. The van der Waals surface area contributed by atoms with Crippen molar-refractivity contribution in [3.05, 3.63) is 71.9 Å². The quantitative estimate of drug-likeness (QED) is 0.437. The largest absolute Gasteiger partial charge is 0.477 e. The molecule has 0 spiro atoms. The fourth-order valence-corrected chi connectivity index (χ4v) is 5.81. The smallest absolute Gasteiger partial charge is 0.354 e. The van der Waals surface area contributed by atoms with Crippen LogP contribution in [0.25, 0.3) is 21.5 Å². The molecule has 2 aromatic carbocycles. The van der Waals surface area contributed by atoms with Gasteiger partial charge in [0.05, 0.1) is 32.3 Å². The van der Waals surface area contributed by atoms with Crippen LogP contribution in [-0.2, 0) is 9.84 Å². The number of carboxylic acids is 1. The van der Waals surface area contributed by atoms with Crippen molar-refractivity contribution in [3.8, 4) is 11.3 Å². The molecule has 4 aromatic rings. The minimum atomic E-state index is -3.44. The van der Waals surface area contributed by atoms with Crippen LogP contribution in [0.4, 0.5) is 5.13 Å². The van der Waals surface area contributed by atoms with Gasteiger partial charge in [0, 0.05) is 17.5 Å². The molecule has 2 N–H and O–H groups in total. The number of hydrogen-bond donors (Lipinski definition) is 2. The predicted molar refractivity (Wildman–Crippen MR) is 123 cm³/mol. The topological polar surface area (TPSA) is 122 Å². The molecule has 0 aliphatic carbocycles. The number of fused-ring (bicyclic) bond motifs is 2. The Hall–Kier alpha value is -3.63. The number of pyridine rings is 1. The number of hydrazone groups is 1. The SMILES string of the molecule is O=C(O)c1cccc(-c2ccc3c(c2)/C(=N\Nc2nc4ccccc4s2)CCS3(=O)=O)n1. The Balaban J connectivity index is 1.55. The van der Waals surface area contributed by atoms with E-state index in [1.807, 2.05) is 24.3 Å². The van der Waals surface area contributed by atoms with E-state index < -0.39 is 15.8 Å². The number of anilines is 1. The maximum absolute atomic E-state index is 12.6. The van der Waals surface area contributed by atoms with Crippen molar-refractivity contribution in [2.24, 2.45) is 5.10 Å². The Morgan fingerprint density at radius 1 is 1.06 bits per heavy atom. The molecule has 5 rings (SSSR count).